The van der Waals surface area contributed by atoms with Gasteiger partial charge in [0.2, 0.25) is 0 Å². The molecule has 0 N–H and O–H groups in total. The van der Waals surface area contributed by atoms with Gasteiger partial charge in [0.05, 0.1) is 19.2 Å². The molecule has 0 aliphatic heterocycles. The van der Waals surface area contributed by atoms with Crippen LogP contribution < -0.4 is 4.74 Å². The van der Waals surface area contributed by atoms with E-state index in [-0.39, 0.29) is 0 Å². The molecule has 0 radical (unpaired) electrons. The summed E-state index contributed by atoms with van der Waals surface area (Å²) in [6.07, 6.45) is 3.34. The first-order valence-corrected chi connectivity index (χ1v) is 5.76. The van der Waals surface area contributed by atoms with E-state index in [4.69, 9.17) is 4.74 Å². The van der Waals surface area contributed by atoms with Gasteiger partial charge in [-0.3, -0.25) is 0 Å². The van der Waals surface area contributed by atoms with Crippen molar-refractivity contribution in [1.29, 1.82) is 10.5 Å². The zero-order chi connectivity index (χ0) is 13.4. The van der Waals surface area contributed by atoms with Gasteiger partial charge < -0.3 is 4.74 Å². The molecule has 0 aromatic heterocycles. The van der Waals surface area contributed by atoms with Gasteiger partial charge in [-0.1, -0.05) is 18.2 Å². The molecule has 1 aromatic carbocycles. The van der Waals surface area contributed by atoms with E-state index < -0.39 is 5.41 Å². The molecule has 1 rings (SSSR count). The molecule has 0 saturated heterocycles. The second kappa shape index (κ2) is 6.47. The van der Waals surface area contributed by atoms with Crippen molar-refractivity contribution in [2.75, 3.05) is 7.11 Å². The third-order valence-electron chi connectivity index (χ3n) is 2.87. The second-order valence-electron chi connectivity index (χ2n) is 4.16. The summed E-state index contributed by atoms with van der Waals surface area (Å²) in [5.74, 6) is 0.768. The van der Waals surface area contributed by atoms with Crippen molar-refractivity contribution in [1.82, 2.24) is 0 Å². The van der Waals surface area contributed by atoms with Crippen LogP contribution in [0.4, 0.5) is 0 Å². The van der Waals surface area contributed by atoms with Crippen molar-refractivity contribution in [3.05, 3.63) is 42.5 Å². The molecule has 0 aliphatic carbocycles. The average molecular weight is 240 g/mol. The SMILES string of the molecule is C=CCCC(C#N)(C#N)Cc1ccc(OC)cc1. The minimum atomic E-state index is -0.969. The van der Waals surface area contributed by atoms with Gasteiger partial charge in [-0.2, -0.15) is 10.5 Å². The van der Waals surface area contributed by atoms with Crippen molar-refractivity contribution in [3.63, 3.8) is 0 Å². The highest BCUT2D eigenvalue weighted by molar-refractivity contribution is 5.30. The zero-order valence-electron chi connectivity index (χ0n) is 10.5. The summed E-state index contributed by atoms with van der Waals surface area (Å²) < 4.78 is 5.07. The Kier molecular flexibility index (Phi) is 4.96. The van der Waals surface area contributed by atoms with Gasteiger partial charge in [-0.25, -0.2) is 0 Å². The highest BCUT2D eigenvalue weighted by atomic mass is 16.5. The first kappa shape index (κ1) is 13.8. The number of ether oxygens (including phenoxy) is 1. The summed E-state index contributed by atoms with van der Waals surface area (Å²) in [6.45, 7) is 3.63. The van der Waals surface area contributed by atoms with Crippen molar-refractivity contribution < 1.29 is 4.74 Å². The lowest BCUT2D eigenvalue weighted by Crippen LogP contribution is -2.19. The van der Waals surface area contributed by atoms with Crippen LogP contribution in [0.1, 0.15) is 18.4 Å². The molecule has 0 amide bonds. The Balaban J connectivity index is 2.86. The van der Waals surface area contributed by atoms with Gasteiger partial charge in [-0.15, -0.1) is 6.58 Å². The highest BCUT2D eigenvalue weighted by Gasteiger charge is 2.29. The van der Waals surface area contributed by atoms with Crippen molar-refractivity contribution in [2.45, 2.75) is 19.3 Å². The van der Waals surface area contributed by atoms with Crippen molar-refractivity contribution >= 4 is 0 Å². The van der Waals surface area contributed by atoms with Crippen LogP contribution in [-0.2, 0) is 6.42 Å². The lowest BCUT2D eigenvalue weighted by molar-refractivity contribution is 0.414. The molecule has 0 bridgehead atoms. The Morgan fingerprint density at radius 3 is 2.33 bits per heavy atom. The number of benzene rings is 1. The number of allylic oxidation sites excluding steroid dienone is 1. The fourth-order valence-electron chi connectivity index (χ4n) is 1.74. The smallest absolute Gasteiger partial charge is 0.148 e. The molecule has 3 heteroatoms. The fraction of sp³-hybridized carbons (Fsp3) is 0.333. The lowest BCUT2D eigenvalue weighted by Gasteiger charge is -2.17. The number of hydrogen-bond acceptors (Lipinski definition) is 3. The number of rotatable bonds is 6. The molecule has 0 saturated carbocycles. The average Bonchev–Trinajstić information content (AvgIpc) is 2.44. The van der Waals surface area contributed by atoms with Gasteiger partial charge in [0, 0.05) is 6.42 Å². The number of nitrogens with zero attached hydrogens (tertiary/aromatic N) is 2. The maximum Gasteiger partial charge on any atom is 0.148 e. The van der Waals surface area contributed by atoms with E-state index in [1.54, 1.807) is 13.2 Å². The van der Waals surface area contributed by atoms with Gasteiger partial charge in [0.25, 0.3) is 0 Å². The third kappa shape index (κ3) is 3.37. The molecule has 3 nitrogen and oxygen atoms in total. The Morgan fingerprint density at radius 2 is 1.89 bits per heavy atom. The summed E-state index contributed by atoms with van der Waals surface area (Å²) >= 11 is 0. The van der Waals surface area contributed by atoms with Crippen LogP contribution in [0.15, 0.2) is 36.9 Å². The summed E-state index contributed by atoms with van der Waals surface area (Å²) in [6, 6.07) is 11.7. The highest BCUT2D eigenvalue weighted by Crippen LogP contribution is 2.28. The van der Waals surface area contributed by atoms with E-state index in [2.05, 4.69) is 18.7 Å². The molecule has 1 aromatic rings. The van der Waals surface area contributed by atoms with Gasteiger partial charge in [0.15, 0.2) is 0 Å². The number of methoxy groups -OCH3 is 1. The molecule has 0 unspecified atom stereocenters. The minimum absolute atomic E-state index is 0.428. The monoisotopic (exact) mass is 240 g/mol. The van der Waals surface area contributed by atoms with Crippen LogP contribution in [0.2, 0.25) is 0 Å². The van der Waals surface area contributed by atoms with E-state index in [0.29, 0.717) is 19.3 Å². The fourth-order valence-corrected chi connectivity index (χ4v) is 1.74. The largest absolute Gasteiger partial charge is 0.497 e. The summed E-state index contributed by atoms with van der Waals surface area (Å²) in [5, 5.41) is 18.5. The normalized spacial score (nSPS) is 10.2. The molecule has 92 valence electrons. The quantitative estimate of drug-likeness (QED) is 0.717. The molecule has 0 spiro atoms. The van der Waals surface area contributed by atoms with E-state index in [1.165, 1.54) is 0 Å². The maximum atomic E-state index is 9.23. The van der Waals surface area contributed by atoms with E-state index in [1.807, 2.05) is 24.3 Å². The second-order valence-corrected chi connectivity index (χ2v) is 4.16. The van der Waals surface area contributed by atoms with Crippen LogP contribution >= 0.6 is 0 Å². The molecular formula is C15H16N2O. The molecule has 0 atom stereocenters. The van der Waals surface area contributed by atoms with Crippen molar-refractivity contribution in [2.24, 2.45) is 5.41 Å². The Hall–Kier alpha value is -2.26. The lowest BCUT2D eigenvalue weighted by atomic mass is 9.80. The summed E-state index contributed by atoms with van der Waals surface area (Å²) in [7, 11) is 1.61. The van der Waals surface area contributed by atoms with E-state index >= 15 is 0 Å². The minimum Gasteiger partial charge on any atom is -0.497 e. The number of nitriles is 2. The Bertz CT molecular complexity index is 463. The van der Waals surface area contributed by atoms with Gasteiger partial charge >= 0.3 is 0 Å². The molecular weight excluding hydrogens is 224 g/mol. The van der Waals surface area contributed by atoms with Crippen LogP contribution in [0.3, 0.4) is 0 Å². The van der Waals surface area contributed by atoms with Crippen LogP contribution in [0.25, 0.3) is 0 Å². The molecule has 0 heterocycles. The zero-order valence-corrected chi connectivity index (χ0v) is 10.5. The van der Waals surface area contributed by atoms with Crippen molar-refractivity contribution in [3.8, 4) is 17.9 Å². The molecule has 0 aliphatic rings. The predicted octanol–water partition coefficient (Wildman–Crippen LogP) is 3.24. The first-order valence-electron chi connectivity index (χ1n) is 5.76. The standard InChI is InChI=1S/C15H16N2O/c1-3-4-9-15(11-16,12-17)10-13-5-7-14(18-2)8-6-13/h3,5-8H,1,4,9-10H2,2H3. The van der Waals surface area contributed by atoms with Crippen LogP contribution in [0.5, 0.6) is 5.75 Å². The Morgan fingerprint density at radius 1 is 1.28 bits per heavy atom. The maximum absolute atomic E-state index is 9.23. The summed E-state index contributed by atoms with van der Waals surface area (Å²) in [5.41, 5.74) is -0.00839. The molecule has 0 fully saturated rings. The first-order chi connectivity index (χ1) is 8.69. The number of hydrogen-bond donors (Lipinski definition) is 0. The van der Waals surface area contributed by atoms with E-state index in [0.717, 1.165) is 11.3 Å². The topological polar surface area (TPSA) is 56.8 Å². The predicted molar refractivity (Wildman–Crippen MR) is 69.8 cm³/mol. The van der Waals surface area contributed by atoms with Gasteiger partial charge in [0.1, 0.15) is 11.2 Å². The third-order valence-corrected chi connectivity index (χ3v) is 2.87. The summed E-state index contributed by atoms with van der Waals surface area (Å²) in [4.78, 5) is 0. The molecule has 18 heavy (non-hydrogen) atoms. The van der Waals surface area contributed by atoms with Gasteiger partial charge in [-0.05, 0) is 30.5 Å². The van der Waals surface area contributed by atoms with Crippen LogP contribution in [-0.4, -0.2) is 7.11 Å². The van der Waals surface area contributed by atoms with E-state index in [9.17, 15) is 10.5 Å². The van der Waals surface area contributed by atoms with Crippen LogP contribution in [0, 0.1) is 28.1 Å². The Labute approximate surface area is 108 Å².